The molecule has 23 heavy (non-hydrogen) atoms. The maximum Gasteiger partial charge on any atom is 0.269 e. The lowest BCUT2D eigenvalue weighted by Crippen LogP contribution is -2.12. The van der Waals surface area contributed by atoms with Gasteiger partial charge in [0.25, 0.3) is 10.0 Å². The summed E-state index contributed by atoms with van der Waals surface area (Å²) in [5.74, 6) is 0. The number of hydrogen-bond acceptors (Lipinski definition) is 6. The fourth-order valence-corrected chi connectivity index (χ4v) is 3.42. The molecule has 0 unspecified atom stereocenters. The first-order chi connectivity index (χ1) is 11.0. The minimum Gasteiger partial charge on any atom is -0.246 e. The van der Waals surface area contributed by atoms with Crippen molar-refractivity contribution in [2.45, 2.75) is 18.4 Å². The molecule has 3 rings (SSSR count). The Morgan fingerprint density at radius 2 is 2.00 bits per heavy atom. The van der Waals surface area contributed by atoms with Crippen molar-refractivity contribution in [3.8, 4) is 0 Å². The predicted octanol–water partition coefficient (Wildman–Crippen LogP) is 2.03. The van der Waals surface area contributed by atoms with Gasteiger partial charge in [0.1, 0.15) is 16.2 Å². The molecule has 8 nitrogen and oxygen atoms in total. The lowest BCUT2D eigenvalue weighted by atomic mass is 10.2. The van der Waals surface area contributed by atoms with Gasteiger partial charge in [-0.2, -0.15) is 0 Å². The first-order valence-corrected chi connectivity index (χ1v) is 8.15. The van der Waals surface area contributed by atoms with Crippen molar-refractivity contribution in [2.24, 2.45) is 5.11 Å². The molecule has 2 aromatic heterocycles. The molecule has 0 radical (unpaired) electrons. The van der Waals surface area contributed by atoms with E-state index in [2.05, 4.69) is 20.0 Å². The maximum atomic E-state index is 12.7. The Morgan fingerprint density at radius 3 is 2.70 bits per heavy atom. The van der Waals surface area contributed by atoms with Crippen molar-refractivity contribution in [3.05, 3.63) is 54.0 Å². The molecule has 0 spiro atoms. The first-order valence-electron chi connectivity index (χ1n) is 6.71. The van der Waals surface area contributed by atoms with Crippen LogP contribution in [0, 0.1) is 12.5 Å². The van der Waals surface area contributed by atoms with E-state index in [1.165, 1.54) is 12.4 Å². The van der Waals surface area contributed by atoms with E-state index in [4.69, 9.17) is 5.53 Å². The van der Waals surface area contributed by atoms with E-state index in [0.29, 0.717) is 11.2 Å². The summed E-state index contributed by atoms with van der Waals surface area (Å²) in [6.45, 7) is 2.02. The van der Waals surface area contributed by atoms with Gasteiger partial charge in [-0.1, -0.05) is 17.7 Å². The zero-order valence-electron chi connectivity index (χ0n) is 12.2. The first kappa shape index (κ1) is 15.0. The maximum absolute atomic E-state index is 12.7. The van der Waals surface area contributed by atoms with Crippen LogP contribution in [0.2, 0.25) is 0 Å². The molecule has 9 heteroatoms. The SMILES string of the molecule is Cc1ccc(S(=O)(=O)n2ccc3nc(CN=[N+]=N)cnc32)cc1. The lowest BCUT2D eigenvalue weighted by molar-refractivity contribution is 0.588. The average molecular weight is 329 g/mol. The molecule has 0 amide bonds. The van der Waals surface area contributed by atoms with Crippen LogP contribution in [0.25, 0.3) is 11.2 Å². The van der Waals surface area contributed by atoms with Gasteiger partial charge in [-0.05, 0) is 25.1 Å². The number of benzene rings is 1. The van der Waals surface area contributed by atoms with E-state index >= 15 is 0 Å². The highest BCUT2D eigenvalue weighted by Crippen LogP contribution is 2.20. The van der Waals surface area contributed by atoms with Crippen LogP contribution in [-0.2, 0) is 16.6 Å². The zero-order valence-corrected chi connectivity index (χ0v) is 13.0. The zero-order chi connectivity index (χ0) is 16.4. The second-order valence-corrected chi connectivity index (χ2v) is 6.71. The van der Waals surface area contributed by atoms with E-state index in [-0.39, 0.29) is 17.1 Å². The van der Waals surface area contributed by atoms with Crippen LogP contribution in [0.3, 0.4) is 0 Å². The largest absolute Gasteiger partial charge is 0.269 e. The van der Waals surface area contributed by atoms with Crippen LogP contribution in [0.15, 0.2) is 52.7 Å². The number of rotatable bonds is 4. The molecular weight excluding hydrogens is 316 g/mol. The summed E-state index contributed by atoms with van der Waals surface area (Å²) in [5.41, 5.74) is 8.82. The molecular formula is C14H13N6O2S+. The monoisotopic (exact) mass is 329 g/mol. The van der Waals surface area contributed by atoms with Crippen molar-refractivity contribution in [3.63, 3.8) is 0 Å². The normalized spacial score (nSPS) is 11.3. The Bertz CT molecular complexity index is 1020. The number of fused-ring (bicyclic) bond motifs is 1. The van der Waals surface area contributed by atoms with E-state index in [9.17, 15) is 8.42 Å². The minimum atomic E-state index is -3.73. The molecule has 0 fully saturated rings. The Morgan fingerprint density at radius 1 is 1.26 bits per heavy atom. The Kier molecular flexibility index (Phi) is 3.73. The summed E-state index contributed by atoms with van der Waals surface area (Å²) < 4.78 is 26.5. The molecule has 0 saturated heterocycles. The van der Waals surface area contributed by atoms with E-state index < -0.39 is 10.0 Å². The lowest BCUT2D eigenvalue weighted by Gasteiger charge is -2.07. The number of nitrogens with zero attached hydrogens (tertiary/aromatic N) is 5. The van der Waals surface area contributed by atoms with Crippen molar-refractivity contribution in [2.75, 3.05) is 0 Å². The Balaban J connectivity index is 2.09. The average Bonchev–Trinajstić information content (AvgIpc) is 2.97. The van der Waals surface area contributed by atoms with Gasteiger partial charge < -0.3 is 0 Å². The van der Waals surface area contributed by atoms with Gasteiger partial charge in [0, 0.05) is 6.20 Å². The summed E-state index contributed by atoms with van der Waals surface area (Å²) >= 11 is 0. The fraction of sp³-hybridized carbons (Fsp3) is 0.143. The number of nitrogens with one attached hydrogen (secondary N) is 1. The molecule has 1 aromatic carbocycles. The van der Waals surface area contributed by atoms with Crippen molar-refractivity contribution in [1.29, 1.82) is 5.53 Å². The number of hydrogen-bond donors (Lipinski definition) is 1. The van der Waals surface area contributed by atoms with E-state index in [1.54, 1.807) is 30.3 Å². The standard InChI is InChI=1S/C14H13N6O2S/c1-10-2-4-12(5-3-10)23(21,22)20-7-6-13-14(20)16-8-11(18-13)9-17-19-15/h2-8,15H,9H2,1H3/q+1. The molecule has 116 valence electrons. The number of aryl methyl sites for hydroxylation is 1. The Hall–Kier alpha value is -2.90. The molecule has 1 N–H and O–H groups in total. The third kappa shape index (κ3) is 2.75. The number of aromatic nitrogens is 3. The summed E-state index contributed by atoms with van der Waals surface area (Å²) in [7, 11) is -3.73. The summed E-state index contributed by atoms with van der Waals surface area (Å²) in [5, 5.41) is 3.52. The summed E-state index contributed by atoms with van der Waals surface area (Å²) in [4.78, 5) is 11.5. The highest BCUT2D eigenvalue weighted by Gasteiger charge is 2.20. The van der Waals surface area contributed by atoms with Crippen LogP contribution in [0.1, 0.15) is 11.3 Å². The van der Waals surface area contributed by atoms with Crippen LogP contribution in [0.4, 0.5) is 0 Å². The van der Waals surface area contributed by atoms with Gasteiger partial charge in [-0.3, -0.25) is 0 Å². The quantitative estimate of drug-likeness (QED) is 0.582. The van der Waals surface area contributed by atoms with Gasteiger partial charge in [0.15, 0.2) is 12.2 Å². The second-order valence-electron chi connectivity index (χ2n) is 4.90. The minimum absolute atomic E-state index is 0.127. The molecule has 0 atom stereocenters. The molecule has 0 aliphatic rings. The molecule has 3 aromatic rings. The molecule has 0 aliphatic heterocycles. The second kappa shape index (κ2) is 5.71. The van der Waals surface area contributed by atoms with Crippen molar-refractivity contribution in [1.82, 2.24) is 18.9 Å². The van der Waals surface area contributed by atoms with Crippen LogP contribution in [-0.4, -0.2) is 22.4 Å². The Labute approximate surface area is 132 Å². The van der Waals surface area contributed by atoms with Crippen molar-refractivity contribution >= 4 is 21.2 Å². The van der Waals surface area contributed by atoms with Gasteiger partial charge in [-0.25, -0.2) is 22.4 Å². The smallest absolute Gasteiger partial charge is 0.246 e. The van der Waals surface area contributed by atoms with Crippen LogP contribution in [0.5, 0.6) is 0 Å². The van der Waals surface area contributed by atoms with E-state index in [0.717, 1.165) is 9.54 Å². The van der Waals surface area contributed by atoms with Crippen LogP contribution < -0.4 is 4.91 Å². The molecule has 2 heterocycles. The van der Waals surface area contributed by atoms with Crippen LogP contribution >= 0.6 is 0 Å². The third-order valence-corrected chi connectivity index (χ3v) is 4.97. The van der Waals surface area contributed by atoms with Gasteiger partial charge in [0.05, 0.1) is 16.8 Å². The molecule has 0 saturated carbocycles. The molecule has 0 aliphatic carbocycles. The highest BCUT2D eigenvalue weighted by molar-refractivity contribution is 7.90. The third-order valence-electron chi connectivity index (χ3n) is 3.29. The van der Waals surface area contributed by atoms with Gasteiger partial charge in [0.2, 0.25) is 4.91 Å². The fourth-order valence-electron chi connectivity index (χ4n) is 2.13. The van der Waals surface area contributed by atoms with Gasteiger partial charge in [-0.15, -0.1) is 0 Å². The highest BCUT2D eigenvalue weighted by atomic mass is 32.2. The van der Waals surface area contributed by atoms with Gasteiger partial charge >= 0.3 is 0 Å². The predicted molar refractivity (Wildman–Crippen MR) is 82.3 cm³/mol. The molecule has 0 bridgehead atoms. The topological polar surface area (TPSA) is 115 Å². The van der Waals surface area contributed by atoms with Crippen molar-refractivity contribution < 1.29 is 8.42 Å². The summed E-state index contributed by atoms with van der Waals surface area (Å²) in [6.07, 6.45) is 2.85. The van der Waals surface area contributed by atoms with E-state index in [1.807, 2.05) is 6.92 Å². The summed E-state index contributed by atoms with van der Waals surface area (Å²) in [6, 6.07) is 8.19.